The third-order valence-corrected chi connectivity index (χ3v) is 3.19. The van der Waals surface area contributed by atoms with Crippen molar-refractivity contribution in [3.05, 3.63) is 67.4 Å². The maximum Gasteiger partial charge on any atom is 0.331 e. The van der Waals surface area contributed by atoms with Gasteiger partial charge in [0.25, 0.3) is 5.56 Å². The number of amides is 1. The van der Waals surface area contributed by atoms with Crippen LogP contribution in [0.2, 0.25) is 0 Å². The van der Waals surface area contributed by atoms with E-state index in [4.69, 9.17) is 5.73 Å². The van der Waals surface area contributed by atoms with Crippen LogP contribution in [-0.4, -0.2) is 15.0 Å². The Bertz CT molecular complexity index is 764. The molecule has 0 spiro atoms. The highest BCUT2D eigenvalue weighted by Crippen LogP contribution is 2.11. The van der Waals surface area contributed by atoms with Gasteiger partial charge < -0.3 is 5.73 Å². The van der Waals surface area contributed by atoms with Crippen molar-refractivity contribution in [2.24, 2.45) is 5.73 Å². The molecule has 20 heavy (non-hydrogen) atoms. The average Bonchev–Trinajstić information content (AvgIpc) is 2.38. The Morgan fingerprint density at radius 1 is 1.25 bits per heavy atom. The van der Waals surface area contributed by atoms with E-state index in [1.807, 2.05) is 24.3 Å². The molecule has 0 aliphatic heterocycles. The number of carbonyl (C=O) groups excluding carboxylic acids is 1. The highest BCUT2D eigenvalue weighted by molar-refractivity contribution is 9.10. The summed E-state index contributed by atoms with van der Waals surface area (Å²) in [6, 6.07) is 8.70. The van der Waals surface area contributed by atoms with Gasteiger partial charge in [-0.15, -0.1) is 0 Å². The van der Waals surface area contributed by atoms with E-state index in [9.17, 15) is 14.4 Å². The smallest absolute Gasteiger partial charge is 0.331 e. The van der Waals surface area contributed by atoms with Crippen molar-refractivity contribution in [1.29, 1.82) is 0 Å². The summed E-state index contributed by atoms with van der Waals surface area (Å²) >= 11 is 3.35. The van der Waals surface area contributed by atoms with E-state index in [1.54, 1.807) is 0 Å². The van der Waals surface area contributed by atoms with E-state index in [-0.39, 0.29) is 0 Å². The van der Waals surface area contributed by atoms with Crippen molar-refractivity contribution >= 4 is 21.8 Å². The van der Waals surface area contributed by atoms with Gasteiger partial charge in [0, 0.05) is 16.7 Å². The molecule has 1 aromatic heterocycles. The molecule has 1 aromatic carbocycles. The molecule has 2 N–H and O–H groups in total. The fourth-order valence-electron chi connectivity index (χ4n) is 1.81. The van der Waals surface area contributed by atoms with Crippen molar-refractivity contribution in [1.82, 2.24) is 9.13 Å². The van der Waals surface area contributed by atoms with Crippen LogP contribution in [-0.2, 0) is 17.9 Å². The molecule has 0 saturated heterocycles. The van der Waals surface area contributed by atoms with Crippen LogP contribution >= 0.6 is 15.9 Å². The Labute approximate surface area is 122 Å². The Balaban J connectivity index is 2.41. The summed E-state index contributed by atoms with van der Waals surface area (Å²) in [6.07, 6.45) is 1.41. The number of nitrogens with two attached hydrogens (primary N) is 1. The molecule has 2 aromatic rings. The summed E-state index contributed by atoms with van der Waals surface area (Å²) in [5, 5.41) is 0. The zero-order chi connectivity index (χ0) is 14.7. The first kappa shape index (κ1) is 14.3. The zero-order valence-electron chi connectivity index (χ0n) is 10.5. The van der Waals surface area contributed by atoms with Crippen LogP contribution in [0.3, 0.4) is 0 Å². The normalized spacial score (nSPS) is 10.4. The van der Waals surface area contributed by atoms with E-state index in [1.165, 1.54) is 16.8 Å². The van der Waals surface area contributed by atoms with Crippen LogP contribution in [0.25, 0.3) is 0 Å². The molecule has 6 nitrogen and oxygen atoms in total. The highest BCUT2D eigenvalue weighted by Gasteiger charge is 2.08. The summed E-state index contributed by atoms with van der Waals surface area (Å²) in [6.45, 7) is -0.117. The molecule has 0 atom stereocenters. The van der Waals surface area contributed by atoms with Gasteiger partial charge in [0.05, 0.1) is 6.54 Å². The number of hydrogen-bond donors (Lipinski definition) is 1. The Morgan fingerprint density at radius 3 is 2.65 bits per heavy atom. The average molecular weight is 338 g/mol. The Kier molecular flexibility index (Phi) is 4.19. The highest BCUT2D eigenvalue weighted by atomic mass is 79.9. The van der Waals surface area contributed by atoms with Crippen molar-refractivity contribution in [2.75, 3.05) is 0 Å². The number of primary amides is 1. The minimum Gasteiger partial charge on any atom is -0.368 e. The predicted molar refractivity (Wildman–Crippen MR) is 77.4 cm³/mol. The van der Waals surface area contributed by atoms with Gasteiger partial charge >= 0.3 is 5.69 Å². The van der Waals surface area contributed by atoms with Crippen LogP contribution in [0.15, 0.2) is 50.6 Å². The summed E-state index contributed by atoms with van der Waals surface area (Å²) in [5.41, 5.74) is 4.82. The summed E-state index contributed by atoms with van der Waals surface area (Å²) < 4.78 is 3.07. The van der Waals surface area contributed by atoms with E-state index < -0.39 is 23.7 Å². The first-order valence-electron chi connectivity index (χ1n) is 5.80. The molecule has 2 rings (SSSR count). The van der Waals surface area contributed by atoms with Gasteiger partial charge in [0.2, 0.25) is 5.91 Å². The predicted octanol–water partition coefficient (Wildman–Crippen LogP) is 0.306. The lowest BCUT2D eigenvalue weighted by atomic mass is 10.2. The van der Waals surface area contributed by atoms with Gasteiger partial charge in [0.15, 0.2) is 0 Å². The molecule has 0 aliphatic carbocycles. The minimum absolute atomic E-state index is 0.303. The Hall–Kier alpha value is -2.15. The number of halogens is 1. The van der Waals surface area contributed by atoms with Crippen LogP contribution < -0.4 is 17.0 Å². The quantitative estimate of drug-likeness (QED) is 0.870. The number of nitrogens with zero attached hydrogens (tertiary/aromatic N) is 2. The first-order valence-corrected chi connectivity index (χ1v) is 6.59. The molecule has 0 radical (unpaired) electrons. The van der Waals surface area contributed by atoms with Gasteiger partial charge in [-0.25, -0.2) is 4.79 Å². The maximum atomic E-state index is 12.1. The molecular weight excluding hydrogens is 326 g/mol. The second-order valence-corrected chi connectivity index (χ2v) is 5.16. The number of benzene rings is 1. The van der Waals surface area contributed by atoms with Crippen molar-refractivity contribution in [3.8, 4) is 0 Å². The van der Waals surface area contributed by atoms with Crippen LogP contribution in [0.4, 0.5) is 0 Å². The molecular formula is C13H12BrN3O3. The van der Waals surface area contributed by atoms with Crippen LogP contribution in [0, 0.1) is 0 Å². The fourth-order valence-corrected chi connectivity index (χ4v) is 2.26. The molecule has 7 heteroatoms. The molecule has 1 amide bonds. The lowest BCUT2D eigenvalue weighted by Gasteiger charge is -2.09. The van der Waals surface area contributed by atoms with Gasteiger partial charge in [-0.05, 0) is 17.7 Å². The molecule has 104 valence electrons. The van der Waals surface area contributed by atoms with Crippen molar-refractivity contribution in [2.45, 2.75) is 13.1 Å². The lowest BCUT2D eigenvalue weighted by molar-refractivity contribution is -0.118. The molecule has 0 saturated carbocycles. The minimum atomic E-state index is -0.732. The van der Waals surface area contributed by atoms with E-state index in [0.717, 1.165) is 14.6 Å². The number of hydrogen-bond acceptors (Lipinski definition) is 3. The van der Waals surface area contributed by atoms with Crippen LogP contribution in [0.1, 0.15) is 5.56 Å². The van der Waals surface area contributed by atoms with Gasteiger partial charge in [-0.3, -0.25) is 18.7 Å². The number of carbonyl (C=O) groups is 1. The standard InChI is InChI=1S/C13H12BrN3O3/c14-10-3-1-2-9(6-10)7-16-5-4-12(19)17(13(16)20)8-11(15)18/h1-6H,7-8H2,(H2,15,18). The Morgan fingerprint density at radius 2 is 2.00 bits per heavy atom. The molecule has 1 heterocycles. The number of aromatic nitrogens is 2. The SMILES string of the molecule is NC(=O)Cn1c(=O)ccn(Cc2cccc(Br)c2)c1=O. The second-order valence-electron chi connectivity index (χ2n) is 4.25. The summed E-state index contributed by atoms with van der Waals surface area (Å²) in [7, 11) is 0. The largest absolute Gasteiger partial charge is 0.368 e. The van der Waals surface area contributed by atoms with Gasteiger partial charge in [-0.1, -0.05) is 28.1 Å². The molecule has 0 aliphatic rings. The summed E-state index contributed by atoms with van der Waals surface area (Å²) in [5.74, 6) is -0.732. The maximum absolute atomic E-state index is 12.1. The van der Waals surface area contributed by atoms with Crippen molar-refractivity contribution in [3.63, 3.8) is 0 Å². The molecule has 0 unspecified atom stereocenters. The van der Waals surface area contributed by atoms with Crippen LogP contribution in [0.5, 0.6) is 0 Å². The topological polar surface area (TPSA) is 87.1 Å². The van der Waals surface area contributed by atoms with Gasteiger partial charge in [-0.2, -0.15) is 0 Å². The number of rotatable bonds is 4. The third kappa shape index (κ3) is 3.24. The summed E-state index contributed by atoms with van der Waals surface area (Å²) in [4.78, 5) is 34.6. The van der Waals surface area contributed by atoms with E-state index in [0.29, 0.717) is 6.54 Å². The van der Waals surface area contributed by atoms with Gasteiger partial charge in [0.1, 0.15) is 6.54 Å². The third-order valence-electron chi connectivity index (χ3n) is 2.70. The molecule has 0 fully saturated rings. The zero-order valence-corrected chi connectivity index (χ0v) is 12.0. The van der Waals surface area contributed by atoms with Crippen molar-refractivity contribution < 1.29 is 4.79 Å². The monoisotopic (exact) mass is 337 g/mol. The van der Waals surface area contributed by atoms with E-state index >= 15 is 0 Å². The molecule has 0 bridgehead atoms. The fraction of sp³-hybridized carbons (Fsp3) is 0.154. The second kappa shape index (κ2) is 5.87. The lowest BCUT2D eigenvalue weighted by Crippen LogP contribution is -2.42. The first-order chi connectivity index (χ1) is 9.47. The van der Waals surface area contributed by atoms with E-state index in [2.05, 4.69) is 15.9 Å².